The number of benzene rings is 2. The van der Waals surface area contributed by atoms with Gasteiger partial charge in [0.1, 0.15) is 0 Å². The molecular formula is C14H12N4O2. The minimum Gasteiger partial charge on any atom is -0.388 e. The van der Waals surface area contributed by atoms with Crippen LogP contribution in [0.1, 0.15) is 0 Å². The normalized spacial score (nSPS) is 10.7. The van der Waals surface area contributed by atoms with Crippen LogP contribution in [0.2, 0.25) is 0 Å². The molecule has 0 unspecified atom stereocenters. The summed E-state index contributed by atoms with van der Waals surface area (Å²) in [4.78, 5) is 10.3. The second-order valence-corrected chi connectivity index (χ2v) is 4.32. The first-order chi connectivity index (χ1) is 9.70. The summed E-state index contributed by atoms with van der Waals surface area (Å²) >= 11 is 0. The fraction of sp³-hybridized carbons (Fsp3) is 0.0714. The summed E-state index contributed by atoms with van der Waals surface area (Å²) < 4.78 is 1.76. The monoisotopic (exact) mass is 268 g/mol. The van der Waals surface area contributed by atoms with Gasteiger partial charge >= 0.3 is 0 Å². The van der Waals surface area contributed by atoms with E-state index in [2.05, 4.69) is 10.4 Å². The number of anilines is 1. The molecule has 1 heterocycles. The summed E-state index contributed by atoms with van der Waals surface area (Å²) in [6.45, 7) is 0. The number of rotatable bonds is 3. The van der Waals surface area contributed by atoms with E-state index in [1.807, 2.05) is 25.2 Å². The molecule has 1 aromatic heterocycles. The third-order valence-corrected chi connectivity index (χ3v) is 3.19. The Morgan fingerprint density at radius 1 is 1.20 bits per heavy atom. The molecule has 0 fully saturated rings. The molecule has 0 aliphatic carbocycles. The van der Waals surface area contributed by atoms with E-state index in [-0.39, 0.29) is 5.69 Å². The topological polar surface area (TPSA) is 73.0 Å². The molecule has 2 aromatic carbocycles. The Kier molecular flexibility index (Phi) is 2.83. The minimum absolute atomic E-state index is 0.0705. The molecule has 0 saturated heterocycles. The van der Waals surface area contributed by atoms with Crippen molar-refractivity contribution in [3.05, 3.63) is 58.8 Å². The zero-order chi connectivity index (χ0) is 14.1. The Morgan fingerprint density at radius 3 is 2.60 bits per heavy atom. The maximum atomic E-state index is 10.7. The van der Waals surface area contributed by atoms with Crippen LogP contribution in [0, 0.1) is 10.1 Å². The Balaban J connectivity index is 2.12. The predicted molar refractivity (Wildman–Crippen MR) is 77.3 cm³/mol. The average molecular weight is 268 g/mol. The van der Waals surface area contributed by atoms with E-state index in [0.717, 1.165) is 22.3 Å². The lowest BCUT2D eigenvalue weighted by atomic mass is 10.2. The molecule has 20 heavy (non-hydrogen) atoms. The standard InChI is InChI=1S/C14H12N4O2/c1-15-13-3-2-4-14-12(13)9-16-17(14)10-5-7-11(8-6-10)18(19)20/h2-9,15H,1H3. The molecular weight excluding hydrogens is 256 g/mol. The van der Waals surface area contributed by atoms with Crippen LogP contribution in [0.15, 0.2) is 48.7 Å². The van der Waals surface area contributed by atoms with E-state index in [0.29, 0.717) is 0 Å². The lowest BCUT2D eigenvalue weighted by Gasteiger charge is -2.05. The highest BCUT2D eigenvalue weighted by Gasteiger charge is 2.09. The molecule has 3 rings (SSSR count). The maximum absolute atomic E-state index is 10.7. The second kappa shape index (κ2) is 4.65. The summed E-state index contributed by atoms with van der Waals surface area (Å²) in [5, 5.41) is 19.1. The number of hydrogen-bond donors (Lipinski definition) is 1. The highest BCUT2D eigenvalue weighted by Crippen LogP contribution is 2.25. The number of aromatic nitrogens is 2. The molecule has 100 valence electrons. The number of nitro groups is 1. The van der Waals surface area contributed by atoms with E-state index >= 15 is 0 Å². The minimum atomic E-state index is -0.413. The first-order valence-electron chi connectivity index (χ1n) is 6.10. The first kappa shape index (κ1) is 12.2. The van der Waals surface area contributed by atoms with Gasteiger partial charge in [-0.15, -0.1) is 0 Å². The molecule has 6 nitrogen and oxygen atoms in total. The molecule has 3 aromatic rings. The van der Waals surface area contributed by atoms with E-state index in [1.165, 1.54) is 12.1 Å². The Hall–Kier alpha value is -2.89. The number of non-ortho nitro benzene ring substituents is 1. The first-order valence-corrected chi connectivity index (χ1v) is 6.10. The Labute approximate surface area is 114 Å². The number of hydrogen-bond acceptors (Lipinski definition) is 4. The van der Waals surface area contributed by atoms with Crippen LogP contribution in [0.4, 0.5) is 11.4 Å². The molecule has 1 N–H and O–H groups in total. The van der Waals surface area contributed by atoms with E-state index in [9.17, 15) is 10.1 Å². The largest absolute Gasteiger partial charge is 0.388 e. The van der Waals surface area contributed by atoms with Crippen molar-refractivity contribution in [2.45, 2.75) is 0 Å². The van der Waals surface area contributed by atoms with Crippen molar-refractivity contribution in [2.75, 3.05) is 12.4 Å². The number of nitrogens with zero attached hydrogens (tertiary/aromatic N) is 3. The molecule has 0 saturated carbocycles. The average Bonchev–Trinajstić information content (AvgIpc) is 2.91. The summed E-state index contributed by atoms with van der Waals surface area (Å²) in [7, 11) is 1.86. The maximum Gasteiger partial charge on any atom is 0.269 e. The van der Waals surface area contributed by atoms with Gasteiger partial charge in [-0.3, -0.25) is 10.1 Å². The van der Waals surface area contributed by atoms with Crippen molar-refractivity contribution < 1.29 is 4.92 Å². The van der Waals surface area contributed by atoms with Crippen LogP contribution in [-0.4, -0.2) is 21.8 Å². The Bertz CT molecular complexity index is 777. The van der Waals surface area contributed by atoms with Gasteiger partial charge in [-0.25, -0.2) is 4.68 Å². The van der Waals surface area contributed by atoms with Gasteiger partial charge in [-0.1, -0.05) is 6.07 Å². The lowest BCUT2D eigenvalue weighted by Crippen LogP contribution is -1.97. The number of fused-ring (bicyclic) bond motifs is 1. The van der Waals surface area contributed by atoms with Gasteiger partial charge in [-0.05, 0) is 24.3 Å². The van der Waals surface area contributed by atoms with Crippen molar-refractivity contribution in [3.8, 4) is 5.69 Å². The fourth-order valence-corrected chi connectivity index (χ4v) is 2.19. The van der Waals surface area contributed by atoms with E-state index < -0.39 is 4.92 Å². The highest BCUT2D eigenvalue weighted by atomic mass is 16.6. The lowest BCUT2D eigenvalue weighted by molar-refractivity contribution is -0.384. The van der Waals surface area contributed by atoms with Crippen molar-refractivity contribution in [1.82, 2.24) is 9.78 Å². The molecule has 0 atom stereocenters. The fourth-order valence-electron chi connectivity index (χ4n) is 2.19. The Morgan fingerprint density at radius 2 is 1.95 bits per heavy atom. The summed E-state index contributed by atoms with van der Waals surface area (Å²) in [6.07, 6.45) is 1.78. The number of nitro benzene ring substituents is 1. The molecule has 0 radical (unpaired) electrons. The van der Waals surface area contributed by atoms with Crippen molar-refractivity contribution in [3.63, 3.8) is 0 Å². The van der Waals surface area contributed by atoms with Crippen LogP contribution < -0.4 is 5.32 Å². The van der Waals surface area contributed by atoms with Gasteiger partial charge < -0.3 is 5.32 Å². The molecule has 0 bridgehead atoms. The van der Waals surface area contributed by atoms with Crippen LogP contribution in [0.3, 0.4) is 0 Å². The molecule has 6 heteroatoms. The van der Waals surface area contributed by atoms with Crippen molar-refractivity contribution in [2.24, 2.45) is 0 Å². The van der Waals surface area contributed by atoms with Crippen molar-refractivity contribution >= 4 is 22.3 Å². The molecule has 0 amide bonds. The molecule has 0 spiro atoms. The summed E-state index contributed by atoms with van der Waals surface area (Å²) in [5.41, 5.74) is 2.81. The third-order valence-electron chi connectivity index (χ3n) is 3.19. The van der Waals surface area contributed by atoms with Crippen LogP contribution >= 0.6 is 0 Å². The van der Waals surface area contributed by atoms with Gasteiger partial charge in [0.15, 0.2) is 0 Å². The highest BCUT2D eigenvalue weighted by molar-refractivity contribution is 5.92. The van der Waals surface area contributed by atoms with Crippen LogP contribution in [-0.2, 0) is 0 Å². The van der Waals surface area contributed by atoms with Gasteiger partial charge in [0, 0.05) is 30.3 Å². The van der Waals surface area contributed by atoms with Gasteiger partial charge in [0.25, 0.3) is 5.69 Å². The second-order valence-electron chi connectivity index (χ2n) is 4.32. The van der Waals surface area contributed by atoms with Gasteiger partial charge in [0.05, 0.1) is 22.3 Å². The van der Waals surface area contributed by atoms with Crippen molar-refractivity contribution in [1.29, 1.82) is 0 Å². The molecule has 0 aliphatic rings. The van der Waals surface area contributed by atoms with Crippen LogP contribution in [0.5, 0.6) is 0 Å². The quantitative estimate of drug-likeness (QED) is 0.585. The zero-order valence-electron chi connectivity index (χ0n) is 10.8. The summed E-state index contributed by atoms with van der Waals surface area (Å²) in [5.74, 6) is 0. The zero-order valence-corrected chi connectivity index (χ0v) is 10.8. The third kappa shape index (κ3) is 1.87. The SMILES string of the molecule is CNc1cccc2c1cnn2-c1ccc([N+](=O)[O-])cc1. The smallest absolute Gasteiger partial charge is 0.269 e. The van der Waals surface area contributed by atoms with Gasteiger partial charge in [-0.2, -0.15) is 5.10 Å². The summed E-state index contributed by atoms with van der Waals surface area (Å²) in [6, 6.07) is 12.2. The molecule has 0 aliphatic heterocycles. The number of nitrogens with one attached hydrogen (secondary N) is 1. The van der Waals surface area contributed by atoms with E-state index in [4.69, 9.17) is 0 Å². The predicted octanol–water partition coefficient (Wildman–Crippen LogP) is 2.98. The van der Waals surface area contributed by atoms with Gasteiger partial charge in [0.2, 0.25) is 0 Å². The van der Waals surface area contributed by atoms with Crippen LogP contribution in [0.25, 0.3) is 16.6 Å². The van der Waals surface area contributed by atoms with E-state index in [1.54, 1.807) is 23.0 Å².